The van der Waals surface area contributed by atoms with E-state index in [1.807, 2.05) is 0 Å². The molecule has 0 radical (unpaired) electrons. The van der Waals surface area contributed by atoms with Gasteiger partial charge >= 0.3 is 5.97 Å². The zero-order valence-electron chi connectivity index (χ0n) is 11.3. The van der Waals surface area contributed by atoms with Crippen molar-refractivity contribution in [2.75, 3.05) is 33.7 Å². The van der Waals surface area contributed by atoms with E-state index < -0.39 is 5.97 Å². The highest BCUT2D eigenvalue weighted by molar-refractivity contribution is 7.11. The van der Waals surface area contributed by atoms with E-state index in [0.717, 1.165) is 36.8 Å². The Hall–Kier alpha value is -0.980. The molecule has 2 heterocycles. The van der Waals surface area contributed by atoms with Crippen molar-refractivity contribution in [1.29, 1.82) is 0 Å². The maximum atomic E-state index is 11.2. The summed E-state index contributed by atoms with van der Waals surface area (Å²) in [6.45, 7) is 3.09. The number of fused-ring (bicyclic) bond motifs is 1. The highest BCUT2D eigenvalue weighted by Gasteiger charge is 2.35. The summed E-state index contributed by atoms with van der Waals surface area (Å²) < 4.78 is 0. The van der Waals surface area contributed by atoms with Crippen molar-refractivity contribution in [2.45, 2.75) is 24.8 Å². The van der Waals surface area contributed by atoms with Crippen molar-refractivity contribution in [3.05, 3.63) is 15.6 Å². The number of aryl methyl sites for hydroxylation is 1. The molecule has 1 aromatic heterocycles. The third kappa shape index (κ3) is 2.28. The van der Waals surface area contributed by atoms with Crippen LogP contribution in [-0.4, -0.2) is 59.6 Å². The van der Waals surface area contributed by atoms with E-state index >= 15 is 0 Å². The van der Waals surface area contributed by atoms with Gasteiger partial charge in [0.15, 0.2) is 0 Å². The van der Waals surface area contributed by atoms with Crippen LogP contribution in [0.1, 0.15) is 34.0 Å². The lowest BCUT2D eigenvalue weighted by Gasteiger charge is -2.36. The second kappa shape index (κ2) is 4.85. The second-order valence-corrected chi connectivity index (χ2v) is 6.66. The number of hydrogen-bond acceptors (Lipinski definition) is 5. The van der Waals surface area contributed by atoms with Crippen molar-refractivity contribution in [3.63, 3.8) is 0 Å². The number of thiazole rings is 1. The molecule has 1 fully saturated rings. The van der Waals surface area contributed by atoms with Crippen molar-refractivity contribution < 1.29 is 9.90 Å². The van der Waals surface area contributed by atoms with Crippen LogP contribution in [0.5, 0.6) is 0 Å². The third-order valence-electron chi connectivity index (χ3n) is 4.17. The molecule has 0 saturated carbocycles. The van der Waals surface area contributed by atoms with Gasteiger partial charge in [0.2, 0.25) is 0 Å². The number of carboxylic acids is 1. The highest BCUT2D eigenvalue weighted by atomic mass is 32.1. The Morgan fingerprint density at radius 3 is 2.95 bits per heavy atom. The smallest absolute Gasteiger partial charge is 0.312 e. The Labute approximate surface area is 116 Å². The molecule has 2 atom stereocenters. The van der Waals surface area contributed by atoms with E-state index in [2.05, 4.69) is 28.9 Å². The number of carboxylic acid groups (broad SMARTS) is 1. The molecule has 3 rings (SSSR count). The minimum Gasteiger partial charge on any atom is -0.481 e. The second-order valence-electron chi connectivity index (χ2n) is 5.55. The molecule has 6 heteroatoms. The van der Waals surface area contributed by atoms with Gasteiger partial charge < -0.3 is 10.0 Å². The zero-order valence-corrected chi connectivity index (χ0v) is 12.1. The summed E-state index contributed by atoms with van der Waals surface area (Å²) >= 11 is 1.71. The van der Waals surface area contributed by atoms with Gasteiger partial charge in [0, 0.05) is 24.5 Å². The maximum Gasteiger partial charge on any atom is 0.312 e. The van der Waals surface area contributed by atoms with Gasteiger partial charge in [0.25, 0.3) is 0 Å². The van der Waals surface area contributed by atoms with Crippen LogP contribution in [0.15, 0.2) is 0 Å². The molecule has 0 spiro atoms. The summed E-state index contributed by atoms with van der Waals surface area (Å²) in [5, 5.41) is 10.3. The molecule has 1 aromatic rings. The van der Waals surface area contributed by atoms with Crippen molar-refractivity contribution >= 4 is 17.3 Å². The Balaban J connectivity index is 1.87. The van der Waals surface area contributed by atoms with E-state index in [9.17, 15) is 9.90 Å². The molecular weight excluding hydrogens is 262 g/mol. The van der Waals surface area contributed by atoms with Crippen LogP contribution in [-0.2, 0) is 11.2 Å². The van der Waals surface area contributed by atoms with Crippen molar-refractivity contribution in [2.24, 2.45) is 0 Å². The maximum absolute atomic E-state index is 11.2. The quantitative estimate of drug-likeness (QED) is 0.882. The summed E-state index contributed by atoms with van der Waals surface area (Å²) in [6.07, 6.45) is 1.58. The largest absolute Gasteiger partial charge is 0.481 e. The van der Waals surface area contributed by atoms with Gasteiger partial charge in [-0.25, -0.2) is 4.98 Å². The van der Waals surface area contributed by atoms with Gasteiger partial charge in [-0.3, -0.25) is 9.69 Å². The predicted octanol–water partition coefficient (Wildman–Crippen LogP) is 1.18. The van der Waals surface area contributed by atoms with Crippen LogP contribution in [0.4, 0.5) is 0 Å². The third-order valence-corrected chi connectivity index (χ3v) is 5.40. The number of carbonyl (C=O) groups is 1. The predicted molar refractivity (Wildman–Crippen MR) is 73.7 cm³/mol. The molecule has 1 N–H and O–H groups in total. The van der Waals surface area contributed by atoms with E-state index in [1.165, 1.54) is 4.88 Å². The Bertz CT molecular complexity index is 502. The standard InChI is InChI=1S/C13H19N3O2S/c1-15-5-6-16(2)9(7-15)12-14-11-8(13(17)18)3-4-10(11)19-12/h8-9H,3-7H2,1-2H3,(H,17,18). The average Bonchev–Trinajstić information content (AvgIpc) is 2.91. The van der Waals surface area contributed by atoms with Gasteiger partial charge in [0.05, 0.1) is 11.7 Å². The number of likely N-dealkylation sites (N-methyl/N-ethyl adjacent to an activating group) is 2. The van der Waals surface area contributed by atoms with Crippen LogP contribution < -0.4 is 0 Å². The molecule has 5 nitrogen and oxygen atoms in total. The van der Waals surface area contributed by atoms with Crippen LogP contribution in [0, 0.1) is 0 Å². The molecule has 104 valence electrons. The summed E-state index contributed by atoms with van der Waals surface area (Å²) in [7, 11) is 4.25. The van der Waals surface area contributed by atoms with Crippen LogP contribution in [0.2, 0.25) is 0 Å². The van der Waals surface area contributed by atoms with Crippen molar-refractivity contribution in [3.8, 4) is 0 Å². The molecule has 1 aliphatic heterocycles. The first kappa shape index (κ1) is 13.0. The topological polar surface area (TPSA) is 56.7 Å². The van der Waals surface area contributed by atoms with E-state index in [0.29, 0.717) is 12.5 Å². The number of nitrogens with zero attached hydrogens (tertiary/aromatic N) is 3. The fraction of sp³-hybridized carbons (Fsp3) is 0.692. The number of rotatable bonds is 2. The monoisotopic (exact) mass is 281 g/mol. The lowest BCUT2D eigenvalue weighted by atomic mass is 10.1. The van der Waals surface area contributed by atoms with Crippen LogP contribution in [0.25, 0.3) is 0 Å². The van der Waals surface area contributed by atoms with E-state index in [4.69, 9.17) is 0 Å². The zero-order chi connectivity index (χ0) is 13.6. The molecule has 0 amide bonds. The Morgan fingerprint density at radius 2 is 2.21 bits per heavy atom. The first-order valence-corrected chi connectivity index (χ1v) is 7.49. The normalized spacial score (nSPS) is 28.5. The first-order chi connectivity index (χ1) is 9.06. The van der Waals surface area contributed by atoms with Crippen molar-refractivity contribution in [1.82, 2.24) is 14.8 Å². The molecule has 1 aliphatic carbocycles. The molecule has 0 bridgehead atoms. The lowest BCUT2D eigenvalue weighted by molar-refractivity contribution is -0.138. The van der Waals surface area contributed by atoms with Crippen LogP contribution >= 0.6 is 11.3 Å². The molecule has 1 saturated heterocycles. The average molecular weight is 281 g/mol. The van der Waals surface area contributed by atoms with Gasteiger partial charge in [0.1, 0.15) is 10.9 Å². The summed E-state index contributed by atoms with van der Waals surface area (Å²) in [6, 6.07) is 0.309. The fourth-order valence-electron chi connectivity index (χ4n) is 2.91. The number of piperazine rings is 1. The molecule has 0 aromatic carbocycles. The van der Waals surface area contributed by atoms with Gasteiger partial charge in [-0.05, 0) is 26.9 Å². The molecule has 19 heavy (non-hydrogen) atoms. The van der Waals surface area contributed by atoms with Crippen LogP contribution in [0.3, 0.4) is 0 Å². The number of hydrogen-bond donors (Lipinski definition) is 1. The SMILES string of the molecule is CN1CCN(C)C(c2nc3c(s2)CCC3C(=O)O)C1. The van der Waals surface area contributed by atoms with Gasteiger partial charge in [-0.15, -0.1) is 11.3 Å². The molecule has 2 aliphatic rings. The summed E-state index contributed by atoms with van der Waals surface area (Å²) in [5.74, 6) is -1.11. The highest BCUT2D eigenvalue weighted by Crippen LogP contribution is 2.39. The van der Waals surface area contributed by atoms with Gasteiger partial charge in [-0.2, -0.15) is 0 Å². The lowest BCUT2D eigenvalue weighted by Crippen LogP contribution is -2.44. The minimum atomic E-state index is -0.732. The number of aromatic nitrogens is 1. The number of aliphatic carboxylic acids is 1. The fourth-order valence-corrected chi connectivity index (χ4v) is 4.21. The minimum absolute atomic E-state index is 0.309. The molecule has 2 unspecified atom stereocenters. The molecular formula is C13H19N3O2S. The first-order valence-electron chi connectivity index (χ1n) is 6.67. The Morgan fingerprint density at radius 1 is 1.42 bits per heavy atom. The summed E-state index contributed by atoms with van der Waals surface area (Å²) in [4.78, 5) is 21.7. The van der Waals surface area contributed by atoms with Gasteiger partial charge in [-0.1, -0.05) is 0 Å². The van der Waals surface area contributed by atoms with E-state index in [1.54, 1.807) is 11.3 Å². The summed E-state index contributed by atoms with van der Waals surface area (Å²) in [5.41, 5.74) is 0.828. The Kier molecular flexibility index (Phi) is 3.32. The van der Waals surface area contributed by atoms with E-state index in [-0.39, 0.29) is 5.92 Å².